The van der Waals surface area contributed by atoms with Gasteiger partial charge in [-0.25, -0.2) is 0 Å². The highest BCUT2D eigenvalue weighted by molar-refractivity contribution is 5.33. The first-order valence-electron chi connectivity index (χ1n) is 7.53. The van der Waals surface area contributed by atoms with E-state index >= 15 is 0 Å². The third kappa shape index (κ3) is 4.89. The number of hydrogen-bond donors (Lipinski definition) is 0. The van der Waals surface area contributed by atoms with E-state index in [1.807, 2.05) is 19.4 Å². The first-order valence-corrected chi connectivity index (χ1v) is 7.53. The predicted molar refractivity (Wildman–Crippen MR) is 80.9 cm³/mol. The van der Waals surface area contributed by atoms with E-state index in [-0.39, 0.29) is 5.75 Å². The van der Waals surface area contributed by atoms with Crippen LogP contribution in [0.25, 0.3) is 0 Å². The van der Waals surface area contributed by atoms with E-state index in [1.165, 1.54) is 12.1 Å². The Kier molecular flexibility index (Phi) is 4.66. The Morgan fingerprint density at radius 1 is 1.25 bits per heavy atom. The Balaban J connectivity index is 1.44. The molecule has 0 saturated carbocycles. The summed E-state index contributed by atoms with van der Waals surface area (Å²) in [4.78, 5) is 2.24. The number of benzene rings is 1. The number of rotatable bonds is 7. The highest BCUT2D eigenvalue weighted by Crippen LogP contribution is 2.25. The molecule has 2 aromatic rings. The lowest BCUT2D eigenvalue weighted by atomic mass is 10.3. The minimum atomic E-state index is -4.35. The van der Waals surface area contributed by atoms with Crippen LogP contribution in [-0.2, 0) is 13.6 Å². The molecule has 0 spiro atoms. The van der Waals surface area contributed by atoms with Crippen molar-refractivity contribution in [2.24, 2.45) is 7.05 Å². The van der Waals surface area contributed by atoms with Gasteiger partial charge in [-0.1, -0.05) is 6.07 Å². The summed E-state index contributed by atoms with van der Waals surface area (Å²) in [6, 6.07) is 6.57. The summed E-state index contributed by atoms with van der Waals surface area (Å²) < 4.78 is 48.6. The first kappa shape index (κ1) is 16.6. The number of nitrogens with zero attached hydrogens (tertiary/aromatic N) is 3. The van der Waals surface area contributed by atoms with Crippen LogP contribution in [0.15, 0.2) is 36.7 Å². The van der Waals surface area contributed by atoms with Crippen LogP contribution in [0.2, 0.25) is 0 Å². The summed E-state index contributed by atoms with van der Waals surface area (Å²) in [5.74, 6) is 0.649. The van der Waals surface area contributed by atoms with Gasteiger partial charge in [0.15, 0.2) is 6.61 Å². The van der Waals surface area contributed by atoms with Crippen molar-refractivity contribution >= 4 is 0 Å². The number of halogens is 3. The van der Waals surface area contributed by atoms with Gasteiger partial charge in [0.2, 0.25) is 0 Å². The lowest BCUT2D eigenvalue weighted by Crippen LogP contribution is -2.19. The monoisotopic (exact) mass is 341 g/mol. The van der Waals surface area contributed by atoms with Crippen molar-refractivity contribution in [3.8, 4) is 11.5 Å². The SMILES string of the molecule is Cn1cc(CN2CC2COc2cccc(OCC(F)(F)F)c2)cn1. The molecule has 24 heavy (non-hydrogen) atoms. The van der Waals surface area contributed by atoms with Gasteiger partial charge in [-0.2, -0.15) is 18.3 Å². The maximum atomic E-state index is 12.2. The van der Waals surface area contributed by atoms with Gasteiger partial charge in [-0.3, -0.25) is 9.58 Å². The average molecular weight is 341 g/mol. The molecule has 2 unspecified atom stereocenters. The van der Waals surface area contributed by atoms with Gasteiger partial charge in [0.05, 0.1) is 12.2 Å². The maximum absolute atomic E-state index is 12.2. The van der Waals surface area contributed by atoms with Crippen molar-refractivity contribution in [1.29, 1.82) is 0 Å². The van der Waals surface area contributed by atoms with Crippen LogP contribution in [0, 0.1) is 0 Å². The zero-order valence-electron chi connectivity index (χ0n) is 13.2. The van der Waals surface area contributed by atoms with E-state index in [4.69, 9.17) is 9.47 Å². The molecule has 0 radical (unpaired) electrons. The van der Waals surface area contributed by atoms with Crippen LogP contribution >= 0.6 is 0 Å². The molecular weight excluding hydrogens is 323 g/mol. The van der Waals surface area contributed by atoms with Crippen molar-refractivity contribution in [1.82, 2.24) is 14.7 Å². The molecule has 1 fully saturated rings. The predicted octanol–water partition coefficient (Wildman–Crippen LogP) is 2.62. The van der Waals surface area contributed by atoms with Gasteiger partial charge in [0.1, 0.15) is 18.1 Å². The second-order valence-electron chi connectivity index (χ2n) is 5.80. The molecule has 0 bridgehead atoms. The van der Waals surface area contributed by atoms with Crippen LogP contribution in [0.3, 0.4) is 0 Å². The largest absolute Gasteiger partial charge is 0.492 e. The number of aryl methyl sites for hydroxylation is 1. The van der Waals surface area contributed by atoms with E-state index in [9.17, 15) is 13.2 Å². The molecule has 1 aromatic carbocycles. The fourth-order valence-corrected chi connectivity index (χ4v) is 2.37. The van der Waals surface area contributed by atoms with Gasteiger partial charge in [-0.15, -0.1) is 0 Å². The third-order valence-electron chi connectivity index (χ3n) is 3.62. The van der Waals surface area contributed by atoms with Gasteiger partial charge in [-0.05, 0) is 12.1 Å². The topological polar surface area (TPSA) is 39.3 Å². The molecule has 1 saturated heterocycles. The molecule has 0 N–H and O–H groups in total. The second-order valence-corrected chi connectivity index (χ2v) is 5.80. The van der Waals surface area contributed by atoms with E-state index in [0.29, 0.717) is 18.4 Å². The van der Waals surface area contributed by atoms with Gasteiger partial charge in [0, 0.05) is 38.0 Å². The summed E-state index contributed by atoms with van der Waals surface area (Å²) in [7, 11) is 1.88. The number of alkyl halides is 3. The molecule has 130 valence electrons. The van der Waals surface area contributed by atoms with Crippen LogP contribution < -0.4 is 9.47 Å². The zero-order valence-corrected chi connectivity index (χ0v) is 13.2. The molecule has 1 aliphatic rings. The molecule has 3 rings (SSSR count). The fourth-order valence-electron chi connectivity index (χ4n) is 2.37. The van der Waals surface area contributed by atoms with Gasteiger partial charge >= 0.3 is 6.18 Å². The minimum Gasteiger partial charge on any atom is -0.492 e. The number of ether oxygens (including phenoxy) is 2. The van der Waals surface area contributed by atoms with Gasteiger partial charge < -0.3 is 9.47 Å². The molecule has 5 nitrogen and oxygen atoms in total. The zero-order chi connectivity index (χ0) is 17.2. The minimum absolute atomic E-state index is 0.146. The van der Waals surface area contributed by atoms with Gasteiger partial charge in [0.25, 0.3) is 0 Å². The smallest absolute Gasteiger partial charge is 0.422 e. The van der Waals surface area contributed by atoms with Crippen molar-refractivity contribution in [3.05, 3.63) is 42.2 Å². The second kappa shape index (κ2) is 6.72. The molecule has 0 amide bonds. The molecule has 2 atom stereocenters. The van der Waals surface area contributed by atoms with Crippen LogP contribution in [-0.4, -0.2) is 46.7 Å². The first-order chi connectivity index (χ1) is 11.4. The summed E-state index contributed by atoms with van der Waals surface area (Å²) in [5.41, 5.74) is 1.14. The van der Waals surface area contributed by atoms with E-state index in [1.54, 1.807) is 16.8 Å². The Morgan fingerprint density at radius 3 is 2.67 bits per heavy atom. The summed E-state index contributed by atoms with van der Waals surface area (Å²) in [6.07, 6.45) is -0.549. The molecular formula is C16H18F3N3O2. The van der Waals surface area contributed by atoms with Crippen molar-refractivity contribution < 1.29 is 22.6 Å². The molecule has 8 heteroatoms. The van der Waals surface area contributed by atoms with Crippen LogP contribution in [0.1, 0.15) is 5.56 Å². The average Bonchev–Trinajstić information content (AvgIpc) is 3.13. The van der Waals surface area contributed by atoms with E-state index in [0.717, 1.165) is 18.7 Å². The van der Waals surface area contributed by atoms with Crippen molar-refractivity contribution in [2.75, 3.05) is 19.8 Å². The number of aromatic nitrogens is 2. The summed E-state index contributed by atoms with van der Waals surface area (Å²) in [5, 5.41) is 4.13. The van der Waals surface area contributed by atoms with E-state index < -0.39 is 12.8 Å². The van der Waals surface area contributed by atoms with E-state index in [2.05, 4.69) is 10.00 Å². The quantitative estimate of drug-likeness (QED) is 0.726. The highest BCUT2D eigenvalue weighted by atomic mass is 19.4. The molecule has 1 aromatic heterocycles. The maximum Gasteiger partial charge on any atom is 0.422 e. The van der Waals surface area contributed by atoms with Crippen LogP contribution in [0.4, 0.5) is 13.2 Å². The lowest BCUT2D eigenvalue weighted by molar-refractivity contribution is -0.153. The standard InChI is InChI=1S/C16H18F3N3O2/c1-21-7-12(6-20-21)8-22-9-13(22)10-23-14-3-2-4-15(5-14)24-11-16(17,18)19/h2-7,13H,8-11H2,1H3. The fraction of sp³-hybridized carbons (Fsp3) is 0.438. The Bertz CT molecular complexity index is 687. The third-order valence-corrected chi connectivity index (χ3v) is 3.62. The number of hydrogen-bond acceptors (Lipinski definition) is 4. The molecule has 2 heterocycles. The van der Waals surface area contributed by atoms with Crippen molar-refractivity contribution in [2.45, 2.75) is 18.8 Å². The Labute approximate surface area is 137 Å². The lowest BCUT2D eigenvalue weighted by Gasteiger charge is -2.11. The summed E-state index contributed by atoms with van der Waals surface area (Å²) >= 11 is 0. The molecule has 0 aliphatic carbocycles. The Hall–Kier alpha value is -2.22. The van der Waals surface area contributed by atoms with Crippen LogP contribution in [0.5, 0.6) is 11.5 Å². The summed E-state index contributed by atoms with van der Waals surface area (Å²) in [6.45, 7) is 0.927. The Morgan fingerprint density at radius 2 is 2.00 bits per heavy atom. The normalized spacial score (nSPS) is 20.0. The highest BCUT2D eigenvalue weighted by Gasteiger charge is 2.34. The van der Waals surface area contributed by atoms with Crippen molar-refractivity contribution in [3.63, 3.8) is 0 Å². The molecule has 1 aliphatic heterocycles.